The molecule has 11 heavy (non-hydrogen) atoms. The zero-order valence-electron chi connectivity index (χ0n) is 7.25. The predicted molar refractivity (Wildman–Crippen MR) is 44.6 cm³/mol. The van der Waals surface area contributed by atoms with Crippen molar-refractivity contribution < 1.29 is 18.9 Å². The summed E-state index contributed by atoms with van der Waals surface area (Å²) in [7, 11) is 0. The Morgan fingerprint density at radius 1 is 1.18 bits per heavy atom. The molecule has 1 rings (SSSR count). The second kappa shape index (κ2) is 6.34. The molecule has 0 spiro atoms. The Labute approximate surface area is 80.4 Å². The Balaban J connectivity index is 0.000001000. The molecular formula is C9H12LiN. The summed E-state index contributed by atoms with van der Waals surface area (Å²) >= 11 is 0. The Hall–Kier alpha value is -0.383. The van der Waals surface area contributed by atoms with Gasteiger partial charge in [0.15, 0.2) is 0 Å². The van der Waals surface area contributed by atoms with E-state index in [9.17, 15) is 0 Å². The molecule has 0 aliphatic carbocycles. The smallest absolute Gasteiger partial charge is 0.684 e. The van der Waals surface area contributed by atoms with Gasteiger partial charge in [0.05, 0.1) is 0 Å². The van der Waals surface area contributed by atoms with Gasteiger partial charge in [0.1, 0.15) is 0 Å². The number of para-hydroxylation sites is 1. The van der Waals surface area contributed by atoms with Crippen LogP contribution < -0.4 is 18.9 Å². The minimum absolute atomic E-state index is 0. The maximum absolute atomic E-state index is 4.32. The van der Waals surface area contributed by atoms with Crippen LogP contribution in [0.5, 0.6) is 0 Å². The third kappa shape index (κ3) is 4.13. The summed E-state index contributed by atoms with van der Waals surface area (Å²) in [4.78, 5) is 0. The van der Waals surface area contributed by atoms with E-state index in [1.54, 1.807) is 0 Å². The number of hydrogen-bond acceptors (Lipinski definition) is 0. The van der Waals surface area contributed by atoms with Gasteiger partial charge in [0, 0.05) is 0 Å². The molecule has 1 aromatic rings. The third-order valence-electron chi connectivity index (χ3n) is 1.27. The van der Waals surface area contributed by atoms with Gasteiger partial charge in [-0.3, -0.25) is 0 Å². The standard InChI is InChI=1S/C9H12N.Li/c1-2-8-10-9-6-4-3-5-7-9;/h3-7H,2,8H2,1H3;/q-1;+1. The molecule has 0 fully saturated rings. The quantitative estimate of drug-likeness (QED) is 0.530. The van der Waals surface area contributed by atoms with Crippen molar-refractivity contribution in [3.8, 4) is 0 Å². The van der Waals surface area contributed by atoms with Crippen molar-refractivity contribution >= 4 is 5.69 Å². The monoisotopic (exact) mass is 141 g/mol. The van der Waals surface area contributed by atoms with E-state index >= 15 is 0 Å². The van der Waals surface area contributed by atoms with Crippen LogP contribution in [0.3, 0.4) is 0 Å². The first-order valence-electron chi connectivity index (χ1n) is 3.66. The van der Waals surface area contributed by atoms with Gasteiger partial charge in [0.2, 0.25) is 0 Å². The van der Waals surface area contributed by atoms with Gasteiger partial charge in [-0.25, -0.2) is 0 Å². The average molecular weight is 141 g/mol. The molecule has 0 unspecified atom stereocenters. The molecule has 0 N–H and O–H groups in total. The second-order valence-electron chi connectivity index (χ2n) is 2.22. The third-order valence-corrected chi connectivity index (χ3v) is 1.27. The van der Waals surface area contributed by atoms with Crippen molar-refractivity contribution in [3.05, 3.63) is 35.6 Å². The first-order chi connectivity index (χ1) is 4.93. The van der Waals surface area contributed by atoms with Crippen LogP contribution in [0, 0.1) is 0 Å². The minimum atomic E-state index is 0. The topological polar surface area (TPSA) is 14.1 Å². The molecule has 2 heteroatoms. The molecule has 0 aliphatic heterocycles. The summed E-state index contributed by atoms with van der Waals surface area (Å²) < 4.78 is 0. The van der Waals surface area contributed by atoms with Crippen molar-refractivity contribution in [3.63, 3.8) is 0 Å². The molecule has 0 radical (unpaired) electrons. The van der Waals surface area contributed by atoms with Crippen LogP contribution in [0.2, 0.25) is 0 Å². The Bertz CT molecular complexity index is 174. The molecule has 0 saturated heterocycles. The molecule has 0 bridgehead atoms. The van der Waals surface area contributed by atoms with Crippen LogP contribution in [0.4, 0.5) is 5.69 Å². The van der Waals surface area contributed by atoms with Crippen molar-refractivity contribution in [1.82, 2.24) is 0 Å². The van der Waals surface area contributed by atoms with Gasteiger partial charge in [-0.05, 0) is 0 Å². The maximum atomic E-state index is 4.32. The predicted octanol–water partition coefficient (Wildman–Crippen LogP) is 0.106. The molecule has 54 valence electrons. The molecule has 0 heterocycles. The van der Waals surface area contributed by atoms with Gasteiger partial charge in [-0.15, -0.1) is 12.2 Å². The van der Waals surface area contributed by atoms with Crippen LogP contribution in [-0.2, 0) is 0 Å². The fourth-order valence-electron chi connectivity index (χ4n) is 0.774. The van der Waals surface area contributed by atoms with Crippen LogP contribution in [0.15, 0.2) is 30.3 Å². The minimum Gasteiger partial charge on any atom is -0.684 e. The molecule has 0 aliphatic rings. The molecule has 1 aromatic carbocycles. The molecule has 0 aromatic heterocycles. The van der Waals surface area contributed by atoms with Gasteiger partial charge < -0.3 is 5.32 Å². The van der Waals surface area contributed by atoms with E-state index in [-0.39, 0.29) is 18.9 Å². The van der Waals surface area contributed by atoms with Crippen LogP contribution >= 0.6 is 0 Å². The molecule has 0 atom stereocenters. The van der Waals surface area contributed by atoms with Gasteiger partial charge in [-0.1, -0.05) is 43.7 Å². The Kier molecular flexibility index (Phi) is 6.12. The first kappa shape index (κ1) is 10.6. The summed E-state index contributed by atoms with van der Waals surface area (Å²) in [6.07, 6.45) is 1.12. The largest absolute Gasteiger partial charge is 1.00 e. The average Bonchev–Trinajstić information content (AvgIpc) is 2.03. The van der Waals surface area contributed by atoms with E-state index in [1.807, 2.05) is 30.3 Å². The van der Waals surface area contributed by atoms with E-state index in [4.69, 9.17) is 0 Å². The van der Waals surface area contributed by atoms with Crippen molar-refractivity contribution in [2.24, 2.45) is 0 Å². The number of hydrogen-bond donors (Lipinski definition) is 0. The summed E-state index contributed by atoms with van der Waals surface area (Å²) in [6, 6.07) is 10.1. The summed E-state index contributed by atoms with van der Waals surface area (Å²) in [6.45, 7) is 3.07. The molecule has 0 amide bonds. The van der Waals surface area contributed by atoms with Crippen LogP contribution in [0.1, 0.15) is 13.3 Å². The zero-order valence-corrected chi connectivity index (χ0v) is 7.25. The maximum Gasteiger partial charge on any atom is 1.00 e. The Morgan fingerprint density at radius 3 is 2.36 bits per heavy atom. The van der Waals surface area contributed by atoms with Crippen molar-refractivity contribution in [2.75, 3.05) is 6.54 Å². The van der Waals surface area contributed by atoms with Gasteiger partial charge in [-0.2, -0.15) is 0 Å². The molecule has 0 saturated carbocycles. The van der Waals surface area contributed by atoms with E-state index in [0.717, 1.165) is 18.7 Å². The fourth-order valence-corrected chi connectivity index (χ4v) is 0.774. The number of benzene rings is 1. The van der Waals surface area contributed by atoms with Crippen LogP contribution in [-0.4, -0.2) is 6.54 Å². The second-order valence-corrected chi connectivity index (χ2v) is 2.22. The molecule has 1 nitrogen and oxygen atoms in total. The van der Waals surface area contributed by atoms with Crippen molar-refractivity contribution in [2.45, 2.75) is 13.3 Å². The molecular weight excluding hydrogens is 129 g/mol. The van der Waals surface area contributed by atoms with Gasteiger partial charge >= 0.3 is 18.9 Å². The zero-order chi connectivity index (χ0) is 7.23. The SMILES string of the molecule is CCC[N-]c1ccccc1.[Li+]. The summed E-state index contributed by atoms with van der Waals surface area (Å²) in [5.41, 5.74) is 1.09. The summed E-state index contributed by atoms with van der Waals surface area (Å²) in [5, 5.41) is 4.32. The normalized spacial score (nSPS) is 8.45. The fraction of sp³-hybridized carbons (Fsp3) is 0.333. The summed E-state index contributed by atoms with van der Waals surface area (Å²) in [5.74, 6) is 0. The first-order valence-corrected chi connectivity index (χ1v) is 3.66. The van der Waals surface area contributed by atoms with E-state index in [0.29, 0.717) is 0 Å². The van der Waals surface area contributed by atoms with Crippen molar-refractivity contribution in [1.29, 1.82) is 0 Å². The van der Waals surface area contributed by atoms with E-state index in [2.05, 4.69) is 12.2 Å². The number of rotatable bonds is 3. The number of nitrogens with zero attached hydrogens (tertiary/aromatic N) is 1. The van der Waals surface area contributed by atoms with Gasteiger partial charge in [0.25, 0.3) is 0 Å². The van der Waals surface area contributed by atoms with E-state index < -0.39 is 0 Å². The Morgan fingerprint density at radius 2 is 1.82 bits per heavy atom. The van der Waals surface area contributed by atoms with Crippen LogP contribution in [0.25, 0.3) is 5.32 Å². The van der Waals surface area contributed by atoms with E-state index in [1.165, 1.54) is 0 Å².